The van der Waals surface area contributed by atoms with Crippen LogP contribution in [0.2, 0.25) is 0 Å². The lowest BCUT2D eigenvalue weighted by molar-refractivity contribution is 0.0722. The third-order valence-corrected chi connectivity index (χ3v) is 5.78. The van der Waals surface area contributed by atoms with Crippen LogP contribution in [0, 0.1) is 11.7 Å². The zero-order chi connectivity index (χ0) is 24.3. The zero-order valence-electron chi connectivity index (χ0n) is 20.2. The minimum absolute atomic E-state index is 0.0188. The Hall–Kier alpha value is -3.28. The summed E-state index contributed by atoms with van der Waals surface area (Å²) in [5.41, 5.74) is 2.26. The van der Waals surface area contributed by atoms with Crippen molar-refractivity contribution in [2.75, 3.05) is 6.61 Å². The molecule has 2 aromatic carbocycles. The number of carbonyl (C=O) groups excluding carboxylic acids is 1. The molecule has 34 heavy (non-hydrogen) atoms. The average Bonchev–Trinajstić information content (AvgIpc) is 2.86. The van der Waals surface area contributed by atoms with Crippen molar-refractivity contribution in [1.29, 1.82) is 0 Å². The molecule has 0 bridgehead atoms. The SMILES string of the molecule is CCCCCCc1ccc(C(=O)Oc2cnc(-c3ccc(OCC(C)CC)cc3)cn2)c(F)c1. The van der Waals surface area contributed by atoms with Gasteiger partial charge in [0.15, 0.2) is 0 Å². The number of ether oxygens (including phenoxy) is 2. The number of halogens is 1. The van der Waals surface area contributed by atoms with E-state index in [4.69, 9.17) is 9.47 Å². The minimum Gasteiger partial charge on any atom is -0.493 e. The van der Waals surface area contributed by atoms with Crippen LogP contribution >= 0.6 is 0 Å². The monoisotopic (exact) mass is 464 g/mol. The van der Waals surface area contributed by atoms with Crippen LogP contribution in [0.4, 0.5) is 4.39 Å². The summed E-state index contributed by atoms with van der Waals surface area (Å²) in [6.07, 6.45) is 9.20. The van der Waals surface area contributed by atoms with Gasteiger partial charge in [-0.05, 0) is 60.7 Å². The number of aromatic nitrogens is 2. The van der Waals surface area contributed by atoms with Crippen molar-refractivity contribution >= 4 is 5.97 Å². The molecule has 0 fully saturated rings. The third kappa shape index (κ3) is 7.37. The number of carbonyl (C=O) groups is 1. The summed E-state index contributed by atoms with van der Waals surface area (Å²) in [5.74, 6) is -0.0530. The molecule has 3 rings (SSSR count). The van der Waals surface area contributed by atoms with E-state index in [9.17, 15) is 9.18 Å². The zero-order valence-corrected chi connectivity index (χ0v) is 20.2. The fourth-order valence-corrected chi connectivity index (χ4v) is 3.38. The third-order valence-electron chi connectivity index (χ3n) is 5.78. The van der Waals surface area contributed by atoms with E-state index in [1.807, 2.05) is 24.3 Å². The van der Waals surface area contributed by atoms with Crippen LogP contribution < -0.4 is 9.47 Å². The standard InChI is InChI=1S/C28H33FN2O3/c1-4-6-7-8-9-21-10-15-24(25(29)16-21)28(32)34-27-18-30-26(17-31-27)22-11-13-23(14-12-22)33-19-20(3)5-2/h10-18,20H,4-9,19H2,1-3H3. The maximum atomic E-state index is 14.5. The topological polar surface area (TPSA) is 61.3 Å². The van der Waals surface area contributed by atoms with Gasteiger partial charge >= 0.3 is 5.97 Å². The molecule has 0 aliphatic rings. The molecular weight excluding hydrogens is 431 g/mol. The van der Waals surface area contributed by atoms with Gasteiger partial charge < -0.3 is 9.47 Å². The molecule has 0 N–H and O–H groups in total. The van der Waals surface area contributed by atoms with Gasteiger partial charge in [0.1, 0.15) is 11.6 Å². The van der Waals surface area contributed by atoms with Crippen LogP contribution in [0.5, 0.6) is 11.6 Å². The van der Waals surface area contributed by atoms with Crippen LogP contribution in [0.3, 0.4) is 0 Å². The molecule has 1 unspecified atom stereocenters. The first-order chi connectivity index (χ1) is 16.5. The van der Waals surface area contributed by atoms with E-state index >= 15 is 0 Å². The molecule has 5 nitrogen and oxygen atoms in total. The first kappa shape index (κ1) is 25.3. The molecule has 180 valence electrons. The second kappa shape index (κ2) is 12.8. The van der Waals surface area contributed by atoms with E-state index in [2.05, 4.69) is 30.7 Å². The summed E-state index contributed by atoms with van der Waals surface area (Å²) in [5, 5.41) is 0. The molecule has 0 aliphatic carbocycles. The van der Waals surface area contributed by atoms with Gasteiger partial charge in [-0.3, -0.25) is 0 Å². The van der Waals surface area contributed by atoms with Crippen LogP contribution in [0.25, 0.3) is 11.3 Å². The number of nitrogens with zero attached hydrogens (tertiary/aromatic N) is 2. The van der Waals surface area contributed by atoms with Gasteiger partial charge in [-0.2, -0.15) is 0 Å². The van der Waals surface area contributed by atoms with Crippen molar-refractivity contribution in [2.45, 2.75) is 59.3 Å². The van der Waals surface area contributed by atoms with Crippen LogP contribution in [-0.2, 0) is 6.42 Å². The Labute approximate surface area is 201 Å². The number of aryl methyl sites for hydroxylation is 1. The molecule has 0 amide bonds. The Kier molecular flexibility index (Phi) is 9.56. The Bertz CT molecular complexity index is 1050. The first-order valence-corrected chi connectivity index (χ1v) is 12.1. The smallest absolute Gasteiger partial charge is 0.347 e. The van der Waals surface area contributed by atoms with Gasteiger partial charge in [0, 0.05) is 5.56 Å². The molecule has 0 aliphatic heterocycles. The number of esters is 1. The quantitative estimate of drug-likeness (QED) is 0.212. The number of rotatable bonds is 12. The second-order valence-electron chi connectivity index (χ2n) is 8.60. The van der Waals surface area contributed by atoms with E-state index in [-0.39, 0.29) is 11.4 Å². The molecule has 6 heteroatoms. The lowest BCUT2D eigenvalue weighted by Crippen LogP contribution is -2.12. The molecule has 1 heterocycles. The fourth-order valence-electron chi connectivity index (χ4n) is 3.38. The summed E-state index contributed by atoms with van der Waals surface area (Å²) >= 11 is 0. The first-order valence-electron chi connectivity index (χ1n) is 12.1. The fraction of sp³-hybridized carbons (Fsp3) is 0.393. The Morgan fingerprint density at radius 2 is 1.79 bits per heavy atom. The van der Waals surface area contributed by atoms with Crippen molar-refractivity contribution in [1.82, 2.24) is 9.97 Å². The molecule has 0 radical (unpaired) electrons. The number of hydrogen-bond acceptors (Lipinski definition) is 5. The Balaban J connectivity index is 1.57. The molecule has 0 spiro atoms. The Morgan fingerprint density at radius 1 is 1.00 bits per heavy atom. The van der Waals surface area contributed by atoms with E-state index in [0.29, 0.717) is 18.2 Å². The van der Waals surface area contributed by atoms with Crippen molar-refractivity contribution in [2.24, 2.45) is 5.92 Å². The highest BCUT2D eigenvalue weighted by atomic mass is 19.1. The van der Waals surface area contributed by atoms with Gasteiger partial charge in [0.05, 0.1) is 30.3 Å². The largest absolute Gasteiger partial charge is 0.493 e. The van der Waals surface area contributed by atoms with Crippen molar-refractivity contribution in [3.8, 4) is 22.9 Å². The van der Waals surface area contributed by atoms with Crippen molar-refractivity contribution in [3.05, 3.63) is 71.8 Å². The van der Waals surface area contributed by atoms with Gasteiger partial charge in [-0.15, -0.1) is 0 Å². The lowest BCUT2D eigenvalue weighted by atomic mass is 10.0. The van der Waals surface area contributed by atoms with Crippen LogP contribution in [0.1, 0.15) is 68.8 Å². The molecular formula is C28H33FN2O3. The van der Waals surface area contributed by atoms with Crippen LogP contribution in [-0.4, -0.2) is 22.5 Å². The molecule has 1 atom stereocenters. The predicted molar refractivity (Wildman–Crippen MR) is 132 cm³/mol. The van der Waals surface area contributed by atoms with E-state index in [0.717, 1.165) is 49.0 Å². The van der Waals surface area contributed by atoms with E-state index in [1.165, 1.54) is 30.9 Å². The van der Waals surface area contributed by atoms with Gasteiger partial charge in [-0.1, -0.05) is 52.5 Å². The number of benzene rings is 2. The highest BCUT2D eigenvalue weighted by Gasteiger charge is 2.16. The van der Waals surface area contributed by atoms with Gasteiger partial charge in [0.25, 0.3) is 0 Å². The second-order valence-corrected chi connectivity index (χ2v) is 8.60. The van der Waals surface area contributed by atoms with Gasteiger partial charge in [-0.25, -0.2) is 19.2 Å². The van der Waals surface area contributed by atoms with E-state index < -0.39 is 11.8 Å². The highest BCUT2D eigenvalue weighted by molar-refractivity contribution is 5.91. The molecule has 1 aromatic heterocycles. The molecule has 3 aromatic rings. The maximum Gasteiger partial charge on any atom is 0.347 e. The summed E-state index contributed by atoms with van der Waals surface area (Å²) in [6, 6.07) is 12.2. The normalized spacial score (nSPS) is 11.8. The lowest BCUT2D eigenvalue weighted by Gasteiger charge is -2.11. The summed E-state index contributed by atoms with van der Waals surface area (Å²) in [6.45, 7) is 7.12. The molecule has 0 saturated carbocycles. The van der Waals surface area contributed by atoms with E-state index in [1.54, 1.807) is 6.07 Å². The molecule has 0 saturated heterocycles. The van der Waals surface area contributed by atoms with Crippen LogP contribution in [0.15, 0.2) is 54.9 Å². The summed E-state index contributed by atoms with van der Waals surface area (Å²) < 4.78 is 25.5. The summed E-state index contributed by atoms with van der Waals surface area (Å²) in [7, 11) is 0. The number of hydrogen-bond donors (Lipinski definition) is 0. The van der Waals surface area contributed by atoms with Crippen molar-refractivity contribution < 1.29 is 18.7 Å². The summed E-state index contributed by atoms with van der Waals surface area (Å²) in [4.78, 5) is 20.9. The average molecular weight is 465 g/mol. The van der Waals surface area contributed by atoms with Crippen molar-refractivity contribution in [3.63, 3.8) is 0 Å². The Morgan fingerprint density at radius 3 is 2.44 bits per heavy atom. The number of unbranched alkanes of at least 4 members (excludes halogenated alkanes) is 3. The highest BCUT2D eigenvalue weighted by Crippen LogP contribution is 2.22. The minimum atomic E-state index is -0.792. The predicted octanol–water partition coefficient (Wildman–Crippen LogP) is 7.05. The van der Waals surface area contributed by atoms with Gasteiger partial charge in [0.2, 0.25) is 5.88 Å². The maximum absolute atomic E-state index is 14.5.